The van der Waals surface area contributed by atoms with E-state index in [0.29, 0.717) is 16.6 Å². The summed E-state index contributed by atoms with van der Waals surface area (Å²) in [6.07, 6.45) is 3.58. The van der Waals surface area contributed by atoms with Crippen LogP contribution >= 0.6 is 0 Å². The van der Waals surface area contributed by atoms with Gasteiger partial charge in [-0.05, 0) is 35.9 Å². The molecule has 0 aliphatic carbocycles. The minimum absolute atomic E-state index is 0.203. The number of aromatic carboxylic acids is 1. The van der Waals surface area contributed by atoms with Crippen molar-refractivity contribution in [2.75, 3.05) is 0 Å². The van der Waals surface area contributed by atoms with Gasteiger partial charge in [0.25, 0.3) is 0 Å². The summed E-state index contributed by atoms with van der Waals surface area (Å²) in [5, 5.41) is 19.2. The van der Waals surface area contributed by atoms with Crippen LogP contribution in [0.3, 0.4) is 0 Å². The third-order valence-corrected chi connectivity index (χ3v) is 3.31. The van der Waals surface area contributed by atoms with Gasteiger partial charge in [-0.3, -0.25) is 0 Å². The number of fused-ring (bicyclic) bond motifs is 1. The molecule has 4 nitrogen and oxygen atoms in total. The molecule has 0 unspecified atom stereocenters. The van der Waals surface area contributed by atoms with Crippen molar-refractivity contribution in [3.8, 4) is 5.75 Å². The van der Waals surface area contributed by atoms with Crippen LogP contribution in [0, 0.1) is 0 Å². The minimum atomic E-state index is -0.974. The lowest BCUT2D eigenvalue weighted by Crippen LogP contribution is -2.00. The van der Waals surface area contributed by atoms with Crippen LogP contribution in [0.1, 0.15) is 21.6 Å². The standard InChI is InChI=1S/C18H13NO3/c20-14-9-6-12(7-10-14)5-8-13-11-16(18(21)22)15-3-1-2-4-17(15)19-13/h1-11,20H,(H,21,22)/b8-5+. The Morgan fingerprint density at radius 3 is 2.45 bits per heavy atom. The Labute approximate surface area is 127 Å². The van der Waals surface area contributed by atoms with Crippen molar-refractivity contribution in [3.63, 3.8) is 0 Å². The fraction of sp³-hybridized carbons (Fsp3) is 0. The summed E-state index contributed by atoms with van der Waals surface area (Å²) in [4.78, 5) is 15.9. The number of phenols is 1. The normalized spacial score (nSPS) is 11.1. The van der Waals surface area contributed by atoms with Gasteiger partial charge in [0.15, 0.2) is 0 Å². The zero-order chi connectivity index (χ0) is 15.5. The highest BCUT2D eigenvalue weighted by atomic mass is 16.4. The van der Waals surface area contributed by atoms with Crippen molar-refractivity contribution >= 4 is 29.0 Å². The first-order valence-electron chi connectivity index (χ1n) is 6.74. The van der Waals surface area contributed by atoms with Gasteiger partial charge in [-0.1, -0.05) is 36.4 Å². The summed E-state index contributed by atoms with van der Waals surface area (Å²) in [5.74, 6) is -0.771. The van der Waals surface area contributed by atoms with E-state index in [1.807, 2.05) is 12.1 Å². The fourth-order valence-electron chi connectivity index (χ4n) is 2.23. The average molecular weight is 291 g/mol. The summed E-state index contributed by atoms with van der Waals surface area (Å²) in [7, 11) is 0. The van der Waals surface area contributed by atoms with Crippen LogP contribution in [0.5, 0.6) is 5.75 Å². The number of pyridine rings is 1. The number of phenolic OH excluding ortho intramolecular Hbond substituents is 1. The van der Waals surface area contributed by atoms with Crippen LogP contribution in [0.15, 0.2) is 54.6 Å². The molecule has 0 bridgehead atoms. The first-order chi connectivity index (χ1) is 10.6. The van der Waals surface area contributed by atoms with Gasteiger partial charge in [-0.2, -0.15) is 0 Å². The summed E-state index contributed by atoms with van der Waals surface area (Å²) < 4.78 is 0. The zero-order valence-corrected chi connectivity index (χ0v) is 11.6. The molecule has 0 aliphatic heterocycles. The number of aromatic hydroxyl groups is 1. The lowest BCUT2D eigenvalue weighted by Gasteiger charge is -2.04. The van der Waals surface area contributed by atoms with Gasteiger partial charge in [0.05, 0.1) is 16.8 Å². The lowest BCUT2D eigenvalue weighted by atomic mass is 10.1. The van der Waals surface area contributed by atoms with Crippen LogP contribution in [0.4, 0.5) is 0 Å². The molecule has 3 aromatic rings. The summed E-state index contributed by atoms with van der Waals surface area (Å²) in [6.45, 7) is 0. The molecule has 2 aromatic carbocycles. The van der Waals surface area contributed by atoms with Crippen molar-refractivity contribution in [1.29, 1.82) is 0 Å². The van der Waals surface area contributed by atoms with Crippen LogP contribution in [-0.2, 0) is 0 Å². The second-order valence-corrected chi connectivity index (χ2v) is 4.84. The topological polar surface area (TPSA) is 70.4 Å². The van der Waals surface area contributed by atoms with Gasteiger partial charge in [-0.25, -0.2) is 9.78 Å². The monoisotopic (exact) mass is 291 g/mol. The van der Waals surface area contributed by atoms with Crippen LogP contribution in [-0.4, -0.2) is 21.2 Å². The Morgan fingerprint density at radius 2 is 1.73 bits per heavy atom. The largest absolute Gasteiger partial charge is 0.508 e. The van der Waals surface area contributed by atoms with Gasteiger partial charge in [-0.15, -0.1) is 0 Å². The maximum absolute atomic E-state index is 11.4. The van der Waals surface area contributed by atoms with E-state index in [1.54, 1.807) is 54.6 Å². The Kier molecular flexibility index (Phi) is 3.58. The fourth-order valence-corrected chi connectivity index (χ4v) is 2.23. The van der Waals surface area contributed by atoms with E-state index in [-0.39, 0.29) is 11.3 Å². The highest BCUT2D eigenvalue weighted by molar-refractivity contribution is 6.03. The number of rotatable bonds is 3. The molecule has 2 N–H and O–H groups in total. The predicted octanol–water partition coefficient (Wildman–Crippen LogP) is 3.81. The van der Waals surface area contributed by atoms with E-state index in [2.05, 4.69) is 4.98 Å². The molecule has 0 aliphatic rings. The van der Waals surface area contributed by atoms with Crippen LogP contribution in [0.2, 0.25) is 0 Å². The number of carbonyl (C=O) groups is 1. The van der Waals surface area contributed by atoms with Crippen LogP contribution in [0.25, 0.3) is 23.1 Å². The number of hydrogen-bond donors (Lipinski definition) is 2. The number of hydrogen-bond acceptors (Lipinski definition) is 3. The molecule has 4 heteroatoms. The van der Waals surface area contributed by atoms with Crippen molar-refractivity contribution < 1.29 is 15.0 Å². The molecule has 0 fully saturated rings. The molecular formula is C18H13NO3. The number of carboxylic acids is 1. The van der Waals surface area contributed by atoms with Crippen LogP contribution < -0.4 is 0 Å². The maximum atomic E-state index is 11.4. The van der Waals surface area contributed by atoms with E-state index >= 15 is 0 Å². The molecular weight excluding hydrogens is 278 g/mol. The van der Waals surface area contributed by atoms with Crippen molar-refractivity contribution in [3.05, 3.63) is 71.4 Å². The minimum Gasteiger partial charge on any atom is -0.508 e. The van der Waals surface area contributed by atoms with Gasteiger partial charge in [0.1, 0.15) is 5.75 Å². The number of para-hydroxylation sites is 1. The average Bonchev–Trinajstić information content (AvgIpc) is 2.53. The Hall–Kier alpha value is -3.14. The van der Waals surface area contributed by atoms with E-state index < -0.39 is 5.97 Å². The number of nitrogens with zero attached hydrogens (tertiary/aromatic N) is 1. The Balaban J connectivity index is 2.04. The van der Waals surface area contributed by atoms with Crippen molar-refractivity contribution in [2.45, 2.75) is 0 Å². The number of carboxylic acid groups (broad SMARTS) is 1. The van der Waals surface area contributed by atoms with E-state index in [9.17, 15) is 15.0 Å². The SMILES string of the molecule is O=C(O)c1cc(/C=C/c2ccc(O)cc2)nc2ccccc12. The third-order valence-electron chi connectivity index (χ3n) is 3.31. The molecule has 1 heterocycles. The summed E-state index contributed by atoms with van der Waals surface area (Å²) >= 11 is 0. The van der Waals surface area contributed by atoms with E-state index in [0.717, 1.165) is 5.56 Å². The zero-order valence-electron chi connectivity index (χ0n) is 11.6. The number of aromatic nitrogens is 1. The Bertz CT molecular complexity index is 867. The first kappa shape index (κ1) is 13.8. The lowest BCUT2D eigenvalue weighted by molar-refractivity contribution is 0.0699. The molecule has 0 saturated carbocycles. The quantitative estimate of drug-likeness (QED) is 0.769. The smallest absolute Gasteiger partial charge is 0.336 e. The highest BCUT2D eigenvalue weighted by Crippen LogP contribution is 2.20. The van der Waals surface area contributed by atoms with E-state index in [1.165, 1.54) is 0 Å². The molecule has 3 rings (SSSR count). The van der Waals surface area contributed by atoms with Gasteiger partial charge >= 0.3 is 5.97 Å². The maximum Gasteiger partial charge on any atom is 0.336 e. The third kappa shape index (κ3) is 2.81. The van der Waals surface area contributed by atoms with Crippen molar-refractivity contribution in [1.82, 2.24) is 4.98 Å². The van der Waals surface area contributed by atoms with E-state index in [4.69, 9.17) is 0 Å². The second-order valence-electron chi connectivity index (χ2n) is 4.84. The van der Waals surface area contributed by atoms with Gasteiger partial charge < -0.3 is 10.2 Å². The molecule has 0 atom stereocenters. The molecule has 0 saturated heterocycles. The van der Waals surface area contributed by atoms with Crippen molar-refractivity contribution in [2.24, 2.45) is 0 Å². The summed E-state index contributed by atoms with van der Waals surface area (Å²) in [5.41, 5.74) is 2.34. The second kappa shape index (κ2) is 5.69. The van der Waals surface area contributed by atoms with Gasteiger partial charge in [0.2, 0.25) is 0 Å². The Morgan fingerprint density at radius 1 is 1.00 bits per heavy atom. The molecule has 0 spiro atoms. The van der Waals surface area contributed by atoms with Gasteiger partial charge in [0, 0.05) is 5.39 Å². The molecule has 0 radical (unpaired) electrons. The predicted molar refractivity (Wildman–Crippen MR) is 85.7 cm³/mol. The molecule has 108 valence electrons. The first-order valence-corrected chi connectivity index (χ1v) is 6.74. The molecule has 0 amide bonds. The molecule has 22 heavy (non-hydrogen) atoms. The highest BCUT2D eigenvalue weighted by Gasteiger charge is 2.10. The summed E-state index contributed by atoms with van der Waals surface area (Å²) in [6, 6.07) is 15.4. The molecule has 1 aromatic heterocycles. The number of benzene rings is 2.